The maximum Gasteiger partial charge on any atom is 0.0708 e. The van der Waals surface area contributed by atoms with E-state index in [0.717, 1.165) is 32.5 Å². The van der Waals surface area contributed by atoms with Crippen LogP contribution in [0, 0.1) is 0 Å². The van der Waals surface area contributed by atoms with E-state index in [9.17, 15) is 5.11 Å². The smallest absolute Gasteiger partial charge is 0.0708 e. The van der Waals surface area contributed by atoms with E-state index in [0.29, 0.717) is 0 Å². The van der Waals surface area contributed by atoms with Gasteiger partial charge < -0.3 is 9.29 Å². The van der Waals surface area contributed by atoms with Crippen LogP contribution >= 0.6 is 12.0 Å². The molecule has 106 valence electrons. The minimum absolute atomic E-state index is 0.0329. The number of pyridine rings is 1. The molecule has 0 aliphatic carbocycles. The molecule has 0 amide bonds. The Labute approximate surface area is 127 Å². The van der Waals surface area contributed by atoms with Crippen molar-refractivity contribution in [1.29, 1.82) is 0 Å². The quantitative estimate of drug-likeness (QED) is 0.738. The van der Waals surface area contributed by atoms with Crippen LogP contribution in [0.5, 0.6) is 0 Å². The van der Waals surface area contributed by atoms with E-state index >= 15 is 0 Å². The third-order valence-corrected chi connectivity index (χ3v) is 3.94. The Balaban J connectivity index is 2.25. The highest BCUT2D eigenvalue weighted by atomic mass is 32.2. The van der Waals surface area contributed by atoms with Crippen molar-refractivity contribution >= 4 is 22.9 Å². The molecule has 3 nitrogen and oxygen atoms in total. The van der Waals surface area contributed by atoms with Gasteiger partial charge in [0.05, 0.1) is 19.2 Å². The van der Waals surface area contributed by atoms with Gasteiger partial charge in [0, 0.05) is 34.1 Å². The number of hydrogen-bond donors (Lipinski definition) is 1. The van der Waals surface area contributed by atoms with Crippen LogP contribution in [-0.4, -0.2) is 17.2 Å². The van der Waals surface area contributed by atoms with Crippen LogP contribution in [0.2, 0.25) is 0 Å². The van der Waals surface area contributed by atoms with Crippen molar-refractivity contribution in [3.8, 4) is 11.1 Å². The van der Waals surface area contributed by atoms with Crippen molar-refractivity contribution in [1.82, 2.24) is 4.98 Å². The molecule has 0 saturated heterocycles. The summed E-state index contributed by atoms with van der Waals surface area (Å²) in [6.07, 6.45) is 1.74. The molecule has 3 rings (SSSR count). The first-order valence-electron chi connectivity index (χ1n) is 6.62. The Morgan fingerprint density at radius 3 is 2.81 bits per heavy atom. The van der Waals surface area contributed by atoms with E-state index < -0.39 is 0 Å². The number of aliphatic hydroxyl groups is 1. The van der Waals surface area contributed by atoms with Crippen LogP contribution in [0.4, 0.5) is 0 Å². The van der Waals surface area contributed by atoms with Gasteiger partial charge in [-0.2, -0.15) is 0 Å². The summed E-state index contributed by atoms with van der Waals surface area (Å²) in [6, 6.07) is 16.1. The molecule has 0 spiro atoms. The van der Waals surface area contributed by atoms with E-state index in [2.05, 4.69) is 11.1 Å². The molecule has 0 unspecified atom stereocenters. The van der Waals surface area contributed by atoms with Crippen molar-refractivity contribution in [2.75, 3.05) is 7.11 Å². The summed E-state index contributed by atoms with van der Waals surface area (Å²) in [4.78, 5) is 5.43. The predicted molar refractivity (Wildman–Crippen MR) is 86.0 cm³/mol. The summed E-state index contributed by atoms with van der Waals surface area (Å²) >= 11 is 1.32. The van der Waals surface area contributed by atoms with Gasteiger partial charge in [-0.05, 0) is 29.3 Å². The molecule has 1 N–H and O–H groups in total. The van der Waals surface area contributed by atoms with Gasteiger partial charge in [0.2, 0.25) is 0 Å². The monoisotopic (exact) mass is 297 g/mol. The average molecular weight is 297 g/mol. The molecule has 4 heteroatoms. The number of fused-ring (bicyclic) bond motifs is 1. The first kappa shape index (κ1) is 14.1. The lowest BCUT2D eigenvalue weighted by Crippen LogP contribution is -1.94. The second-order valence-corrected chi connectivity index (χ2v) is 5.58. The fourth-order valence-corrected chi connectivity index (χ4v) is 2.94. The molecule has 0 atom stereocenters. The van der Waals surface area contributed by atoms with Crippen molar-refractivity contribution in [3.63, 3.8) is 0 Å². The van der Waals surface area contributed by atoms with E-state index in [1.807, 2.05) is 42.5 Å². The van der Waals surface area contributed by atoms with Gasteiger partial charge in [-0.15, -0.1) is 0 Å². The largest absolute Gasteiger partial charge is 0.392 e. The zero-order chi connectivity index (χ0) is 14.7. The molecule has 0 saturated carbocycles. The third-order valence-electron chi connectivity index (χ3n) is 3.33. The highest BCUT2D eigenvalue weighted by Gasteiger charge is 2.11. The normalized spacial score (nSPS) is 11.0. The molecular weight excluding hydrogens is 282 g/mol. The van der Waals surface area contributed by atoms with Crippen LogP contribution in [0.25, 0.3) is 22.0 Å². The predicted octanol–water partition coefficient (Wildman–Crippen LogP) is 4.05. The van der Waals surface area contributed by atoms with Gasteiger partial charge in [0.15, 0.2) is 0 Å². The summed E-state index contributed by atoms with van der Waals surface area (Å²) in [5.74, 6) is 0. The van der Waals surface area contributed by atoms with E-state index in [-0.39, 0.29) is 6.61 Å². The highest BCUT2D eigenvalue weighted by Crippen LogP contribution is 2.33. The molecule has 3 aromatic rings. The summed E-state index contributed by atoms with van der Waals surface area (Å²) < 4.78 is 5.12. The lowest BCUT2D eigenvalue weighted by atomic mass is 9.97. The summed E-state index contributed by atoms with van der Waals surface area (Å²) in [5, 5.41) is 10.7. The van der Waals surface area contributed by atoms with Crippen LogP contribution in [0.1, 0.15) is 5.56 Å². The molecular formula is C17H15NO2S. The molecule has 0 radical (unpaired) electrons. The molecule has 2 aromatic carbocycles. The van der Waals surface area contributed by atoms with Crippen molar-refractivity contribution in [3.05, 3.63) is 60.3 Å². The van der Waals surface area contributed by atoms with E-state index in [1.54, 1.807) is 13.3 Å². The van der Waals surface area contributed by atoms with Crippen LogP contribution in [0.15, 0.2) is 59.6 Å². The number of aliphatic hydroxyl groups excluding tert-OH is 1. The van der Waals surface area contributed by atoms with E-state index in [4.69, 9.17) is 4.18 Å². The number of nitrogens with zero attached hydrogens (tertiary/aromatic N) is 1. The minimum atomic E-state index is -0.0329. The highest BCUT2D eigenvalue weighted by molar-refractivity contribution is 7.94. The van der Waals surface area contributed by atoms with Gasteiger partial charge in [0.1, 0.15) is 0 Å². The Kier molecular flexibility index (Phi) is 4.20. The fourth-order valence-electron chi connectivity index (χ4n) is 2.44. The van der Waals surface area contributed by atoms with Crippen LogP contribution < -0.4 is 0 Å². The lowest BCUT2D eigenvalue weighted by Gasteiger charge is -2.12. The SMILES string of the molecule is COSc1cccc(-c2c(CO)cnc3ccccc23)c1. The second-order valence-electron chi connectivity index (χ2n) is 4.61. The Bertz CT molecular complexity index is 774. The lowest BCUT2D eigenvalue weighted by molar-refractivity contribution is 0.282. The van der Waals surface area contributed by atoms with Crippen molar-refractivity contribution in [2.45, 2.75) is 11.5 Å². The molecule has 0 aliphatic heterocycles. The molecule has 0 bridgehead atoms. The molecule has 1 heterocycles. The zero-order valence-corrected chi connectivity index (χ0v) is 12.4. The maximum atomic E-state index is 9.64. The summed E-state index contributed by atoms with van der Waals surface area (Å²) in [6.45, 7) is -0.0329. The van der Waals surface area contributed by atoms with Crippen LogP contribution in [-0.2, 0) is 10.8 Å². The zero-order valence-electron chi connectivity index (χ0n) is 11.6. The van der Waals surface area contributed by atoms with Gasteiger partial charge in [-0.25, -0.2) is 0 Å². The Morgan fingerprint density at radius 2 is 2.00 bits per heavy atom. The summed E-state index contributed by atoms with van der Waals surface area (Å²) in [5.41, 5.74) is 3.84. The molecule has 0 fully saturated rings. The third kappa shape index (κ3) is 2.78. The van der Waals surface area contributed by atoms with Gasteiger partial charge in [0.25, 0.3) is 0 Å². The van der Waals surface area contributed by atoms with Crippen molar-refractivity contribution < 1.29 is 9.29 Å². The topological polar surface area (TPSA) is 42.4 Å². The first-order valence-corrected chi connectivity index (χ1v) is 7.36. The number of rotatable bonds is 4. The molecule has 0 aliphatic rings. The van der Waals surface area contributed by atoms with Crippen LogP contribution in [0.3, 0.4) is 0 Å². The number of para-hydroxylation sites is 1. The Morgan fingerprint density at radius 1 is 1.14 bits per heavy atom. The van der Waals surface area contributed by atoms with Crippen molar-refractivity contribution in [2.24, 2.45) is 0 Å². The van der Waals surface area contributed by atoms with Gasteiger partial charge in [-0.1, -0.05) is 30.3 Å². The minimum Gasteiger partial charge on any atom is -0.392 e. The maximum absolute atomic E-state index is 9.64. The fraction of sp³-hybridized carbons (Fsp3) is 0.118. The van der Waals surface area contributed by atoms with Gasteiger partial charge in [-0.3, -0.25) is 4.98 Å². The average Bonchev–Trinajstić information content (AvgIpc) is 2.54. The van der Waals surface area contributed by atoms with Gasteiger partial charge >= 0.3 is 0 Å². The number of aromatic nitrogens is 1. The Hall–Kier alpha value is -1.88. The first-order chi connectivity index (χ1) is 10.3. The van der Waals surface area contributed by atoms with E-state index in [1.165, 1.54) is 12.0 Å². The number of benzene rings is 2. The summed E-state index contributed by atoms with van der Waals surface area (Å²) in [7, 11) is 1.65. The number of hydrogen-bond acceptors (Lipinski definition) is 4. The molecule has 21 heavy (non-hydrogen) atoms. The second kappa shape index (κ2) is 6.26. The molecule has 1 aromatic heterocycles. The standard InChI is InChI=1S/C17H15NO2S/c1-20-21-14-6-4-5-12(9-14)17-13(11-19)10-18-16-8-3-2-7-15(16)17/h2-10,19H,11H2,1H3.